The minimum absolute atomic E-state index is 0.0670. The molecule has 0 unspecified atom stereocenters. The highest BCUT2D eigenvalue weighted by Gasteiger charge is 2.10. The van der Waals surface area contributed by atoms with E-state index in [2.05, 4.69) is 15.5 Å². The van der Waals surface area contributed by atoms with Gasteiger partial charge in [0.2, 0.25) is 0 Å². The Hall–Kier alpha value is -3.78. The lowest BCUT2D eigenvalue weighted by atomic mass is 10.1. The summed E-state index contributed by atoms with van der Waals surface area (Å²) in [5.41, 5.74) is 1.22. The van der Waals surface area contributed by atoms with Crippen LogP contribution in [0, 0.1) is 10.1 Å². The lowest BCUT2D eigenvalue weighted by molar-refractivity contribution is -0.384. The van der Waals surface area contributed by atoms with Gasteiger partial charge in [0.15, 0.2) is 0 Å². The topological polar surface area (TPSA) is 117 Å². The second kappa shape index (κ2) is 8.28. The number of benzene rings is 3. The van der Waals surface area contributed by atoms with Crippen molar-refractivity contribution in [2.45, 2.75) is 0 Å². The van der Waals surface area contributed by atoms with Crippen molar-refractivity contribution in [1.29, 1.82) is 0 Å². The Morgan fingerprint density at radius 2 is 1.68 bits per heavy atom. The van der Waals surface area contributed by atoms with E-state index in [0.717, 1.165) is 0 Å². The van der Waals surface area contributed by atoms with E-state index in [1.54, 1.807) is 24.3 Å². The van der Waals surface area contributed by atoms with E-state index < -0.39 is 10.8 Å². The van der Waals surface area contributed by atoms with Gasteiger partial charge in [-0.1, -0.05) is 11.6 Å². The quantitative estimate of drug-likeness (QED) is 0.330. The number of carbonyl (C=O) groups excluding carboxylic acids is 1. The van der Waals surface area contributed by atoms with Crippen molar-refractivity contribution >= 4 is 40.3 Å². The van der Waals surface area contributed by atoms with Crippen molar-refractivity contribution in [3.8, 4) is 5.75 Å². The summed E-state index contributed by atoms with van der Waals surface area (Å²) in [6.07, 6.45) is 0. The van der Waals surface area contributed by atoms with Crippen LogP contribution in [0.25, 0.3) is 0 Å². The molecule has 8 nitrogen and oxygen atoms in total. The number of halogens is 1. The maximum atomic E-state index is 12.4. The van der Waals surface area contributed by atoms with Gasteiger partial charge in [-0.3, -0.25) is 14.9 Å². The number of hydrogen-bond acceptors (Lipinski definition) is 6. The molecule has 1 amide bonds. The van der Waals surface area contributed by atoms with Crippen LogP contribution in [-0.2, 0) is 0 Å². The summed E-state index contributed by atoms with van der Waals surface area (Å²) < 4.78 is 0. The van der Waals surface area contributed by atoms with Gasteiger partial charge in [0.05, 0.1) is 10.6 Å². The molecular formula is C19H13ClN4O4. The predicted molar refractivity (Wildman–Crippen MR) is 105 cm³/mol. The Morgan fingerprint density at radius 1 is 1.00 bits per heavy atom. The molecule has 0 saturated heterocycles. The number of azo groups is 1. The number of non-ortho nitro benzene ring substituents is 1. The molecule has 0 aliphatic heterocycles. The summed E-state index contributed by atoms with van der Waals surface area (Å²) in [5, 5.41) is 31.7. The molecule has 0 spiro atoms. The Kier molecular flexibility index (Phi) is 5.61. The van der Waals surface area contributed by atoms with Gasteiger partial charge in [0, 0.05) is 28.4 Å². The van der Waals surface area contributed by atoms with Gasteiger partial charge in [-0.25, -0.2) is 0 Å². The van der Waals surface area contributed by atoms with Gasteiger partial charge in [-0.2, -0.15) is 5.11 Å². The number of anilines is 1. The van der Waals surface area contributed by atoms with Gasteiger partial charge < -0.3 is 10.4 Å². The van der Waals surface area contributed by atoms with Gasteiger partial charge in [-0.05, 0) is 54.6 Å². The summed E-state index contributed by atoms with van der Waals surface area (Å²) in [6.45, 7) is 0. The van der Waals surface area contributed by atoms with Crippen molar-refractivity contribution in [3.05, 3.63) is 87.4 Å². The summed E-state index contributed by atoms with van der Waals surface area (Å²) in [5.74, 6) is -0.553. The number of nitrogens with zero attached hydrogens (tertiary/aromatic N) is 3. The zero-order valence-corrected chi connectivity index (χ0v) is 15.0. The van der Waals surface area contributed by atoms with Gasteiger partial charge in [0.1, 0.15) is 11.4 Å². The normalized spacial score (nSPS) is 10.8. The lowest BCUT2D eigenvalue weighted by Crippen LogP contribution is -2.11. The smallest absolute Gasteiger partial charge is 0.269 e. The molecule has 0 aromatic heterocycles. The van der Waals surface area contributed by atoms with Crippen LogP contribution in [0.2, 0.25) is 5.02 Å². The SMILES string of the molecule is O=C(Nc1ccc(Cl)cc1)c1ccc(O)c(N=Nc2ccc([N+](=O)[O-])cc2)c1. The summed E-state index contributed by atoms with van der Waals surface area (Å²) in [7, 11) is 0. The van der Waals surface area contributed by atoms with Crippen LogP contribution in [0.3, 0.4) is 0 Å². The van der Waals surface area contributed by atoms with Gasteiger partial charge >= 0.3 is 0 Å². The number of nitro benzene ring substituents is 1. The maximum absolute atomic E-state index is 12.4. The zero-order chi connectivity index (χ0) is 20.1. The average molecular weight is 397 g/mol. The summed E-state index contributed by atoms with van der Waals surface area (Å²) in [4.78, 5) is 22.5. The predicted octanol–water partition coefficient (Wildman–Crippen LogP) is 5.62. The van der Waals surface area contributed by atoms with Crippen LogP contribution in [0.4, 0.5) is 22.7 Å². The van der Waals surface area contributed by atoms with Crippen molar-refractivity contribution in [1.82, 2.24) is 0 Å². The number of nitro groups is 1. The monoisotopic (exact) mass is 396 g/mol. The number of nitrogens with one attached hydrogen (secondary N) is 1. The Bertz CT molecular complexity index is 1050. The summed E-state index contributed by atoms with van der Waals surface area (Å²) >= 11 is 5.82. The minimum atomic E-state index is -0.518. The zero-order valence-electron chi connectivity index (χ0n) is 14.2. The Balaban J connectivity index is 1.77. The number of rotatable bonds is 5. The van der Waals surface area contributed by atoms with Crippen molar-refractivity contribution in [3.63, 3.8) is 0 Å². The molecule has 3 rings (SSSR count). The van der Waals surface area contributed by atoms with E-state index in [1.807, 2.05) is 0 Å². The molecule has 2 N–H and O–H groups in total. The van der Waals surface area contributed by atoms with Crippen LogP contribution in [-0.4, -0.2) is 15.9 Å². The first-order valence-electron chi connectivity index (χ1n) is 7.98. The number of phenolic OH excluding ortho intramolecular Hbond substituents is 1. The molecule has 0 aliphatic rings. The molecule has 0 heterocycles. The fourth-order valence-corrected chi connectivity index (χ4v) is 2.36. The highest BCUT2D eigenvalue weighted by molar-refractivity contribution is 6.30. The van der Waals surface area contributed by atoms with E-state index in [-0.39, 0.29) is 22.7 Å². The third kappa shape index (κ3) is 4.68. The molecule has 0 saturated carbocycles. The van der Waals surface area contributed by atoms with Crippen molar-refractivity contribution < 1.29 is 14.8 Å². The van der Waals surface area contributed by atoms with E-state index in [9.17, 15) is 20.0 Å². The number of phenols is 1. The molecule has 0 fully saturated rings. The molecule has 0 radical (unpaired) electrons. The first-order chi connectivity index (χ1) is 13.4. The third-order valence-electron chi connectivity index (χ3n) is 3.67. The van der Waals surface area contributed by atoms with Crippen molar-refractivity contribution in [2.24, 2.45) is 10.2 Å². The largest absolute Gasteiger partial charge is 0.506 e. The van der Waals surface area contributed by atoms with E-state index in [4.69, 9.17) is 11.6 Å². The first kappa shape index (κ1) is 19.0. The fourth-order valence-electron chi connectivity index (χ4n) is 2.23. The maximum Gasteiger partial charge on any atom is 0.269 e. The Labute approximate surface area is 164 Å². The number of aromatic hydroxyl groups is 1. The van der Waals surface area contributed by atoms with E-state index in [1.165, 1.54) is 42.5 Å². The van der Waals surface area contributed by atoms with Crippen LogP contribution < -0.4 is 5.32 Å². The van der Waals surface area contributed by atoms with E-state index >= 15 is 0 Å². The Morgan fingerprint density at radius 3 is 2.32 bits per heavy atom. The van der Waals surface area contributed by atoms with Gasteiger partial charge in [0.25, 0.3) is 11.6 Å². The highest BCUT2D eigenvalue weighted by Crippen LogP contribution is 2.30. The molecule has 3 aromatic rings. The molecule has 140 valence electrons. The molecule has 28 heavy (non-hydrogen) atoms. The molecule has 0 atom stereocenters. The van der Waals surface area contributed by atoms with E-state index in [0.29, 0.717) is 16.4 Å². The average Bonchev–Trinajstić information content (AvgIpc) is 2.69. The van der Waals surface area contributed by atoms with Crippen LogP contribution in [0.1, 0.15) is 10.4 Å². The highest BCUT2D eigenvalue weighted by atomic mass is 35.5. The summed E-state index contributed by atoms with van der Waals surface area (Å²) in [6, 6.07) is 16.2. The third-order valence-corrected chi connectivity index (χ3v) is 3.93. The number of amides is 1. The number of carbonyl (C=O) groups is 1. The van der Waals surface area contributed by atoms with Crippen LogP contribution in [0.15, 0.2) is 77.0 Å². The standard InChI is InChI=1S/C19H13ClN4O4/c20-13-2-4-14(5-3-13)21-19(26)12-1-10-18(25)17(11-12)23-22-15-6-8-16(9-7-15)24(27)28/h1-11,25H,(H,21,26). The number of hydrogen-bond donors (Lipinski definition) is 2. The molecule has 9 heteroatoms. The van der Waals surface area contributed by atoms with Crippen molar-refractivity contribution in [2.75, 3.05) is 5.32 Å². The molecular weight excluding hydrogens is 384 g/mol. The second-order valence-corrected chi connectivity index (χ2v) is 6.07. The minimum Gasteiger partial charge on any atom is -0.506 e. The molecule has 0 bridgehead atoms. The molecule has 3 aromatic carbocycles. The van der Waals surface area contributed by atoms with Gasteiger partial charge in [-0.15, -0.1) is 5.11 Å². The lowest BCUT2D eigenvalue weighted by Gasteiger charge is -2.06. The fraction of sp³-hybridized carbons (Fsp3) is 0. The first-order valence-corrected chi connectivity index (χ1v) is 8.36. The second-order valence-electron chi connectivity index (χ2n) is 5.64. The molecule has 0 aliphatic carbocycles. The van der Waals surface area contributed by atoms with Crippen LogP contribution >= 0.6 is 11.6 Å². The van der Waals surface area contributed by atoms with Crippen LogP contribution in [0.5, 0.6) is 5.75 Å².